The fourth-order valence-electron chi connectivity index (χ4n) is 4.34. The number of amides is 1. The molecule has 1 aromatic heterocycles. The van der Waals surface area contributed by atoms with Crippen molar-refractivity contribution in [2.45, 2.75) is 51.2 Å². The average Bonchev–Trinajstić information content (AvgIpc) is 2.63. The molecule has 2 heterocycles. The van der Waals surface area contributed by atoms with Crippen molar-refractivity contribution >= 4 is 16.8 Å². The number of carbonyl (C=O) groups is 1. The number of fused-ring (bicyclic) bond motifs is 1. The van der Waals surface area contributed by atoms with E-state index in [4.69, 9.17) is 0 Å². The van der Waals surface area contributed by atoms with Crippen molar-refractivity contribution in [1.29, 1.82) is 0 Å². The van der Waals surface area contributed by atoms with Crippen LogP contribution in [0.5, 0.6) is 0 Å². The van der Waals surface area contributed by atoms with E-state index in [9.17, 15) is 9.90 Å². The van der Waals surface area contributed by atoms with Crippen LogP contribution in [0.2, 0.25) is 0 Å². The van der Waals surface area contributed by atoms with E-state index in [1.165, 1.54) is 30.4 Å². The molecule has 1 aliphatic carbocycles. The highest BCUT2D eigenvalue weighted by Crippen LogP contribution is 2.30. The molecule has 5 heteroatoms. The number of carbonyl (C=O) groups excluding carboxylic acids is 1. The van der Waals surface area contributed by atoms with Crippen molar-refractivity contribution in [2.24, 2.45) is 5.92 Å². The highest BCUT2D eigenvalue weighted by molar-refractivity contribution is 5.86. The molecular formula is C22H29N3O2. The topological polar surface area (TPSA) is 65.5 Å². The number of aliphatic hydroxyl groups is 1. The lowest BCUT2D eigenvalue weighted by Crippen LogP contribution is -2.58. The summed E-state index contributed by atoms with van der Waals surface area (Å²) in [6.45, 7) is 4.60. The molecule has 2 aromatic rings. The second-order valence-electron chi connectivity index (χ2n) is 8.22. The molecule has 0 bridgehead atoms. The molecule has 2 N–H and O–H groups in total. The lowest BCUT2D eigenvalue weighted by molar-refractivity contribution is -0.157. The monoisotopic (exact) mass is 367 g/mol. The maximum absolute atomic E-state index is 12.9. The van der Waals surface area contributed by atoms with E-state index in [-0.39, 0.29) is 5.91 Å². The molecule has 0 spiro atoms. The number of benzene rings is 1. The number of hydrogen-bond acceptors (Lipinski definition) is 4. The maximum atomic E-state index is 12.9. The summed E-state index contributed by atoms with van der Waals surface area (Å²) in [5, 5.41) is 15.5. The van der Waals surface area contributed by atoms with Crippen molar-refractivity contribution < 1.29 is 9.90 Å². The first kappa shape index (κ1) is 18.4. The Balaban J connectivity index is 1.42. The van der Waals surface area contributed by atoms with Gasteiger partial charge in [0.25, 0.3) is 5.91 Å². The normalized spacial score (nSPS) is 23.6. The lowest BCUT2D eigenvalue weighted by Gasteiger charge is -2.41. The van der Waals surface area contributed by atoms with E-state index in [0.29, 0.717) is 25.4 Å². The molecule has 0 unspecified atom stereocenters. The van der Waals surface area contributed by atoms with Gasteiger partial charge in [-0.05, 0) is 61.8 Å². The summed E-state index contributed by atoms with van der Waals surface area (Å²) in [7, 11) is 0. The van der Waals surface area contributed by atoms with Crippen LogP contribution in [-0.2, 0) is 11.3 Å². The number of likely N-dealkylation sites (tertiary alicyclic amines) is 1. The number of nitrogens with one attached hydrogen (secondary N) is 1. The Morgan fingerprint density at radius 1 is 1.30 bits per heavy atom. The summed E-state index contributed by atoms with van der Waals surface area (Å²) in [4.78, 5) is 19.2. The van der Waals surface area contributed by atoms with Crippen molar-refractivity contribution in [3.05, 3.63) is 41.6 Å². The molecule has 1 atom stereocenters. The Kier molecular flexibility index (Phi) is 5.15. The molecular weight excluding hydrogens is 338 g/mol. The molecule has 2 fully saturated rings. The molecule has 27 heavy (non-hydrogen) atoms. The summed E-state index contributed by atoms with van der Waals surface area (Å²) in [5.74, 6) is 0.541. The number of pyridine rings is 1. The van der Waals surface area contributed by atoms with Crippen LogP contribution < -0.4 is 5.32 Å². The summed E-state index contributed by atoms with van der Waals surface area (Å²) >= 11 is 0. The zero-order valence-corrected chi connectivity index (χ0v) is 16.1. The first-order valence-electron chi connectivity index (χ1n) is 10.1. The van der Waals surface area contributed by atoms with Gasteiger partial charge in [-0.1, -0.05) is 18.6 Å². The van der Waals surface area contributed by atoms with Gasteiger partial charge in [-0.25, -0.2) is 0 Å². The van der Waals surface area contributed by atoms with Crippen LogP contribution in [0, 0.1) is 12.8 Å². The van der Waals surface area contributed by atoms with E-state index in [1.54, 1.807) is 6.20 Å². The molecule has 1 amide bonds. The lowest BCUT2D eigenvalue weighted by atomic mass is 9.83. The minimum Gasteiger partial charge on any atom is -0.379 e. The largest absolute Gasteiger partial charge is 0.379 e. The van der Waals surface area contributed by atoms with Crippen molar-refractivity contribution in [3.8, 4) is 0 Å². The van der Waals surface area contributed by atoms with Crippen LogP contribution in [0.1, 0.15) is 43.2 Å². The Bertz CT molecular complexity index is 833. The number of nitrogens with zero attached hydrogens (tertiary/aromatic N) is 2. The molecule has 2 aliphatic rings. The number of aromatic nitrogens is 1. The molecule has 144 valence electrons. The summed E-state index contributed by atoms with van der Waals surface area (Å²) in [6, 6.07) is 8.13. The third kappa shape index (κ3) is 3.71. The van der Waals surface area contributed by atoms with E-state index in [2.05, 4.69) is 29.4 Å². The van der Waals surface area contributed by atoms with Crippen molar-refractivity contribution in [2.75, 3.05) is 19.6 Å². The SMILES string of the molecule is Cc1ccc2ncccc2c1CNC[C@]1(O)CCCN(CC2CCC2)C1=O. The zero-order valence-electron chi connectivity index (χ0n) is 16.1. The molecule has 4 rings (SSSR count). The third-order valence-corrected chi connectivity index (χ3v) is 6.26. The third-order valence-electron chi connectivity index (χ3n) is 6.26. The standard InChI is InChI=1S/C22H29N3O2/c1-16-8-9-20-18(7-3-11-24-20)19(16)13-23-15-22(27)10-4-12-25(21(22)26)14-17-5-2-6-17/h3,7-9,11,17,23,27H,2,4-6,10,12-15H2,1H3/t22-/m1/s1. The Labute approximate surface area is 160 Å². The van der Waals surface area contributed by atoms with E-state index >= 15 is 0 Å². The van der Waals surface area contributed by atoms with Gasteiger partial charge in [0.05, 0.1) is 5.52 Å². The number of hydrogen-bond donors (Lipinski definition) is 2. The second-order valence-corrected chi connectivity index (χ2v) is 8.22. The van der Waals surface area contributed by atoms with E-state index in [1.807, 2.05) is 17.0 Å². The first-order chi connectivity index (χ1) is 13.1. The smallest absolute Gasteiger partial charge is 0.255 e. The van der Waals surface area contributed by atoms with Crippen LogP contribution >= 0.6 is 0 Å². The second kappa shape index (κ2) is 7.56. The van der Waals surface area contributed by atoms with E-state index < -0.39 is 5.60 Å². The van der Waals surface area contributed by atoms with Gasteiger partial charge < -0.3 is 15.3 Å². The molecule has 1 aromatic carbocycles. The van der Waals surface area contributed by atoms with Gasteiger partial charge in [-0.2, -0.15) is 0 Å². The summed E-state index contributed by atoms with van der Waals surface area (Å²) < 4.78 is 0. The molecule has 1 saturated carbocycles. The Morgan fingerprint density at radius 3 is 2.93 bits per heavy atom. The predicted molar refractivity (Wildman–Crippen MR) is 106 cm³/mol. The Hall–Kier alpha value is -1.98. The minimum absolute atomic E-state index is 0.0931. The highest BCUT2D eigenvalue weighted by Gasteiger charge is 2.42. The van der Waals surface area contributed by atoms with Crippen LogP contribution in [0.25, 0.3) is 10.9 Å². The average molecular weight is 367 g/mol. The van der Waals surface area contributed by atoms with Gasteiger partial charge in [0.1, 0.15) is 0 Å². The van der Waals surface area contributed by atoms with Crippen LogP contribution in [0.15, 0.2) is 30.5 Å². The van der Waals surface area contributed by atoms with Crippen molar-refractivity contribution in [3.63, 3.8) is 0 Å². The molecule has 0 radical (unpaired) electrons. The first-order valence-corrected chi connectivity index (χ1v) is 10.1. The fraction of sp³-hybridized carbons (Fsp3) is 0.545. The van der Waals surface area contributed by atoms with Gasteiger partial charge >= 0.3 is 0 Å². The molecule has 5 nitrogen and oxygen atoms in total. The minimum atomic E-state index is -1.28. The fourth-order valence-corrected chi connectivity index (χ4v) is 4.34. The van der Waals surface area contributed by atoms with E-state index in [0.717, 1.165) is 30.4 Å². The predicted octanol–water partition coefficient (Wildman–Crippen LogP) is 2.79. The van der Waals surface area contributed by atoms with Crippen molar-refractivity contribution in [1.82, 2.24) is 15.2 Å². The number of piperidine rings is 1. The summed E-state index contributed by atoms with van der Waals surface area (Å²) in [6.07, 6.45) is 6.92. The van der Waals surface area contributed by atoms with Gasteiger partial charge in [-0.15, -0.1) is 0 Å². The van der Waals surface area contributed by atoms with Gasteiger partial charge in [-0.3, -0.25) is 9.78 Å². The van der Waals surface area contributed by atoms with Crippen LogP contribution in [0.4, 0.5) is 0 Å². The van der Waals surface area contributed by atoms with Gasteiger partial charge in [0, 0.05) is 37.8 Å². The molecule has 1 saturated heterocycles. The zero-order chi connectivity index (χ0) is 18.9. The number of aryl methyl sites for hydroxylation is 1. The summed E-state index contributed by atoms with van der Waals surface area (Å²) in [5.41, 5.74) is 2.06. The van der Waals surface area contributed by atoms with Crippen LogP contribution in [-0.4, -0.2) is 46.1 Å². The van der Waals surface area contributed by atoms with Gasteiger partial charge in [0.15, 0.2) is 5.60 Å². The molecule has 1 aliphatic heterocycles. The quantitative estimate of drug-likeness (QED) is 0.824. The highest BCUT2D eigenvalue weighted by atomic mass is 16.3. The Morgan fingerprint density at radius 2 is 2.15 bits per heavy atom. The van der Waals surface area contributed by atoms with Gasteiger partial charge in [0.2, 0.25) is 0 Å². The van der Waals surface area contributed by atoms with Crippen LogP contribution in [0.3, 0.4) is 0 Å². The number of rotatable bonds is 6. The maximum Gasteiger partial charge on any atom is 0.255 e.